The van der Waals surface area contributed by atoms with Crippen molar-refractivity contribution in [2.24, 2.45) is 10.9 Å². The molecule has 0 spiro atoms. The fourth-order valence-electron chi connectivity index (χ4n) is 2.59. The van der Waals surface area contributed by atoms with E-state index < -0.39 is 48.9 Å². The van der Waals surface area contributed by atoms with Gasteiger partial charge < -0.3 is 15.5 Å². The highest BCUT2D eigenvalue weighted by Crippen LogP contribution is 2.41. The molecule has 1 aliphatic heterocycles. The number of alkyl halides is 3. The highest BCUT2D eigenvalue weighted by atomic mass is 35.5. The number of guanidine groups is 1. The molecule has 3 N–H and O–H groups in total. The number of nitrogens with one attached hydrogen (secondary N) is 1. The van der Waals surface area contributed by atoms with Crippen LogP contribution in [0.15, 0.2) is 17.3 Å². The van der Waals surface area contributed by atoms with Crippen molar-refractivity contribution in [2.45, 2.75) is 25.6 Å². The summed E-state index contributed by atoms with van der Waals surface area (Å²) in [5.41, 5.74) is 5.38. The Bertz CT molecular complexity index is 860. The van der Waals surface area contributed by atoms with Gasteiger partial charge in [0.1, 0.15) is 6.54 Å². The zero-order chi connectivity index (χ0) is 21.2. The summed E-state index contributed by atoms with van der Waals surface area (Å²) in [4.78, 5) is 39.9. The topological polar surface area (TPSA) is 114 Å². The van der Waals surface area contributed by atoms with Gasteiger partial charge in [0.15, 0.2) is 0 Å². The van der Waals surface area contributed by atoms with E-state index in [1.165, 1.54) is 6.07 Å². The number of oxime groups is 1. The molecule has 152 valence electrons. The van der Waals surface area contributed by atoms with Crippen molar-refractivity contribution >= 4 is 46.9 Å². The van der Waals surface area contributed by atoms with Crippen molar-refractivity contribution in [3.05, 3.63) is 33.3 Å². The molecule has 0 aromatic heterocycles. The predicted molar refractivity (Wildman–Crippen MR) is 92.4 cm³/mol. The third-order valence-corrected chi connectivity index (χ3v) is 4.31. The molecule has 2 rings (SSSR count). The number of rotatable bonds is 4. The maximum atomic E-state index is 12.9. The van der Waals surface area contributed by atoms with Crippen LogP contribution in [0.25, 0.3) is 0 Å². The second kappa shape index (κ2) is 8.23. The third-order valence-electron chi connectivity index (χ3n) is 3.59. The minimum absolute atomic E-state index is 0.0106. The third kappa shape index (κ3) is 5.26. The van der Waals surface area contributed by atoms with Gasteiger partial charge in [0.25, 0.3) is 5.91 Å². The molecule has 0 aliphatic carbocycles. The molecule has 1 aliphatic rings. The Morgan fingerprint density at radius 2 is 1.93 bits per heavy atom. The maximum absolute atomic E-state index is 12.9. The van der Waals surface area contributed by atoms with Crippen LogP contribution in [0.3, 0.4) is 0 Å². The number of hydrogen-bond acceptors (Lipinski definition) is 5. The van der Waals surface area contributed by atoms with E-state index >= 15 is 0 Å². The molecule has 0 saturated heterocycles. The Morgan fingerprint density at radius 3 is 2.50 bits per heavy atom. The first kappa shape index (κ1) is 21.8. The van der Waals surface area contributed by atoms with E-state index in [4.69, 9.17) is 28.9 Å². The van der Waals surface area contributed by atoms with Crippen LogP contribution in [0, 0.1) is 0 Å². The van der Waals surface area contributed by atoms with E-state index in [2.05, 4.69) is 15.3 Å². The summed E-state index contributed by atoms with van der Waals surface area (Å²) in [6, 6.07) is 1.13. The number of nitrogens with zero attached hydrogens (tertiary/aromatic N) is 2. The first-order valence-electron chi connectivity index (χ1n) is 7.56. The summed E-state index contributed by atoms with van der Waals surface area (Å²) in [6.45, 7) is -0.533. The van der Waals surface area contributed by atoms with Gasteiger partial charge in [-0.05, 0) is 22.9 Å². The summed E-state index contributed by atoms with van der Waals surface area (Å²) in [6.07, 6.45) is -5.28. The minimum atomic E-state index is -4.70. The van der Waals surface area contributed by atoms with Gasteiger partial charge in [-0.25, -0.2) is 4.79 Å². The molecule has 0 radical (unpaired) electrons. The van der Waals surface area contributed by atoms with E-state index in [1.807, 2.05) is 0 Å². The van der Waals surface area contributed by atoms with E-state index in [9.17, 15) is 27.6 Å². The second-order valence-electron chi connectivity index (χ2n) is 5.73. The molecule has 28 heavy (non-hydrogen) atoms. The molecule has 1 aromatic rings. The van der Waals surface area contributed by atoms with Crippen molar-refractivity contribution in [2.75, 3.05) is 6.54 Å². The monoisotopic (exact) mass is 440 g/mol. The number of amides is 2. The lowest BCUT2D eigenvalue weighted by Crippen LogP contribution is -2.41. The van der Waals surface area contributed by atoms with Crippen LogP contribution in [0.2, 0.25) is 10.0 Å². The summed E-state index contributed by atoms with van der Waals surface area (Å²) < 4.78 is 38.8. The van der Waals surface area contributed by atoms with E-state index in [0.29, 0.717) is 4.90 Å². The molecule has 1 unspecified atom stereocenters. The number of hydrogen-bond donors (Lipinski definition) is 2. The number of nitrogens with two attached hydrogens (primary N) is 1. The van der Waals surface area contributed by atoms with Crippen LogP contribution in [0.5, 0.6) is 0 Å². The quantitative estimate of drug-likeness (QED) is 0.322. The fourth-order valence-corrected chi connectivity index (χ4v) is 2.92. The molecule has 1 heterocycles. The van der Waals surface area contributed by atoms with E-state index in [1.54, 1.807) is 0 Å². The van der Waals surface area contributed by atoms with Gasteiger partial charge in [-0.3, -0.25) is 14.9 Å². The smallest absolute Gasteiger partial charge is 0.367 e. The molecule has 13 heteroatoms. The molecule has 0 bridgehead atoms. The first-order chi connectivity index (χ1) is 12.9. The van der Waals surface area contributed by atoms with Crippen LogP contribution in [0.4, 0.5) is 13.2 Å². The standard InChI is InChI=1S/C15H13Cl2F3N4O4/c1-6(25)28-23-14(21)22-12(26)4-11-7-2-9(16)10(17)3-8(7)13(27)24(11)5-15(18,19)20/h2-3,11H,4-5H2,1H3,(H3,21,22,23,26). The molecular weight excluding hydrogens is 428 g/mol. The van der Waals surface area contributed by atoms with E-state index in [0.717, 1.165) is 13.0 Å². The summed E-state index contributed by atoms with van der Waals surface area (Å²) in [7, 11) is 0. The number of halogens is 5. The van der Waals surface area contributed by atoms with Crippen molar-refractivity contribution in [3.63, 3.8) is 0 Å². The number of fused-ring (bicyclic) bond motifs is 1. The van der Waals surface area contributed by atoms with Gasteiger partial charge >= 0.3 is 12.1 Å². The number of benzene rings is 1. The van der Waals surface area contributed by atoms with Gasteiger partial charge in [-0.2, -0.15) is 13.2 Å². The van der Waals surface area contributed by atoms with Crippen LogP contribution in [-0.4, -0.2) is 41.4 Å². The number of carbonyl (C=O) groups is 3. The molecule has 8 nitrogen and oxygen atoms in total. The Balaban J connectivity index is 2.29. The first-order valence-corrected chi connectivity index (χ1v) is 8.32. The average molecular weight is 441 g/mol. The predicted octanol–water partition coefficient (Wildman–Crippen LogP) is 2.35. The second-order valence-corrected chi connectivity index (χ2v) is 6.54. The summed E-state index contributed by atoms with van der Waals surface area (Å²) in [5, 5.41) is 5.17. The largest absolute Gasteiger partial charge is 0.406 e. The van der Waals surface area contributed by atoms with Crippen molar-refractivity contribution in [3.8, 4) is 0 Å². The summed E-state index contributed by atoms with van der Waals surface area (Å²) >= 11 is 11.7. The lowest BCUT2D eigenvalue weighted by molar-refractivity contribution is -0.145. The highest BCUT2D eigenvalue weighted by molar-refractivity contribution is 6.42. The Morgan fingerprint density at radius 1 is 1.32 bits per heavy atom. The Labute approximate surface area is 166 Å². The van der Waals surface area contributed by atoms with Gasteiger partial charge in [0.2, 0.25) is 11.9 Å². The SMILES string of the molecule is CC(=O)ON=C(N)NC(=O)CC1c2cc(Cl)c(Cl)cc2C(=O)N1CC(F)(F)F. The lowest BCUT2D eigenvalue weighted by atomic mass is 10.0. The van der Waals surface area contributed by atoms with Gasteiger partial charge in [-0.1, -0.05) is 23.2 Å². The van der Waals surface area contributed by atoms with Gasteiger partial charge in [-0.15, -0.1) is 0 Å². The van der Waals surface area contributed by atoms with Gasteiger partial charge in [0.05, 0.1) is 22.5 Å². The Kier molecular flexibility index (Phi) is 6.40. The molecular formula is C15H13Cl2F3N4O4. The zero-order valence-electron chi connectivity index (χ0n) is 14.1. The minimum Gasteiger partial charge on any atom is -0.367 e. The van der Waals surface area contributed by atoms with Crippen LogP contribution >= 0.6 is 23.2 Å². The fraction of sp³-hybridized carbons (Fsp3) is 0.333. The normalized spacial score (nSPS) is 16.8. The van der Waals surface area contributed by atoms with Crippen molar-refractivity contribution < 1.29 is 32.4 Å². The zero-order valence-corrected chi connectivity index (χ0v) is 15.7. The van der Waals surface area contributed by atoms with Crippen LogP contribution in [-0.2, 0) is 14.4 Å². The lowest BCUT2D eigenvalue weighted by Gasteiger charge is -2.26. The molecule has 0 saturated carbocycles. The highest BCUT2D eigenvalue weighted by Gasteiger charge is 2.44. The van der Waals surface area contributed by atoms with Crippen molar-refractivity contribution in [1.82, 2.24) is 10.2 Å². The van der Waals surface area contributed by atoms with Crippen LogP contribution in [0.1, 0.15) is 35.3 Å². The molecule has 1 aromatic carbocycles. The summed E-state index contributed by atoms with van der Waals surface area (Å²) in [5.74, 6) is -3.18. The Hall–Kier alpha value is -2.53. The van der Waals surface area contributed by atoms with Crippen molar-refractivity contribution in [1.29, 1.82) is 0 Å². The molecule has 2 amide bonds. The maximum Gasteiger partial charge on any atom is 0.406 e. The average Bonchev–Trinajstić information content (AvgIpc) is 2.77. The molecule has 1 atom stereocenters. The van der Waals surface area contributed by atoms with Crippen LogP contribution < -0.4 is 11.1 Å². The van der Waals surface area contributed by atoms with E-state index in [-0.39, 0.29) is 21.2 Å². The van der Waals surface area contributed by atoms with Gasteiger partial charge in [0, 0.05) is 12.5 Å². The number of carbonyl (C=O) groups excluding carboxylic acids is 3. The molecule has 0 fully saturated rings.